The van der Waals surface area contributed by atoms with E-state index >= 15 is 0 Å². The molecule has 10 nitrogen and oxygen atoms in total. The third kappa shape index (κ3) is 5.32. The van der Waals surface area contributed by atoms with Crippen molar-refractivity contribution in [2.24, 2.45) is 0 Å². The molecular weight excluding hydrogens is 513 g/mol. The van der Waals surface area contributed by atoms with Crippen molar-refractivity contribution in [3.05, 3.63) is 72.0 Å². The predicted octanol–water partition coefficient (Wildman–Crippen LogP) is 4.00. The minimum absolute atomic E-state index is 0.124. The van der Waals surface area contributed by atoms with E-state index in [1.807, 2.05) is 12.1 Å². The minimum Gasteiger partial charge on any atom is -0.353 e. The van der Waals surface area contributed by atoms with Gasteiger partial charge in [0.2, 0.25) is 11.8 Å². The van der Waals surface area contributed by atoms with Gasteiger partial charge in [-0.05, 0) is 37.3 Å². The molecule has 2 amide bonds. The summed E-state index contributed by atoms with van der Waals surface area (Å²) in [6, 6.07) is 9.14. The van der Waals surface area contributed by atoms with Crippen LogP contribution in [0.1, 0.15) is 23.7 Å². The van der Waals surface area contributed by atoms with Crippen molar-refractivity contribution in [1.29, 1.82) is 0 Å². The summed E-state index contributed by atoms with van der Waals surface area (Å²) in [5.41, 5.74) is 2.48. The van der Waals surface area contributed by atoms with E-state index < -0.39 is 24.0 Å². The van der Waals surface area contributed by atoms with Gasteiger partial charge in [-0.25, -0.2) is 19.3 Å². The second-order valence-corrected chi connectivity index (χ2v) is 9.33. The molecule has 3 aromatic heterocycles. The highest BCUT2D eigenvalue weighted by Gasteiger charge is 2.40. The predicted molar refractivity (Wildman–Crippen MR) is 140 cm³/mol. The number of carbonyl (C=O) groups is 3. The van der Waals surface area contributed by atoms with Gasteiger partial charge in [-0.3, -0.25) is 14.4 Å². The van der Waals surface area contributed by atoms with Gasteiger partial charge in [-0.15, -0.1) is 0 Å². The number of rotatable bonds is 7. The molecule has 1 aromatic carbocycles. The van der Waals surface area contributed by atoms with E-state index in [0.717, 1.165) is 0 Å². The van der Waals surface area contributed by atoms with Gasteiger partial charge in [-0.2, -0.15) is 0 Å². The number of ketones is 1. The average Bonchev–Trinajstić information content (AvgIpc) is 3.45. The van der Waals surface area contributed by atoms with Crippen LogP contribution in [-0.4, -0.2) is 60.8 Å². The summed E-state index contributed by atoms with van der Waals surface area (Å²) in [7, 11) is 0. The smallest absolute Gasteiger partial charge is 0.248 e. The van der Waals surface area contributed by atoms with Crippen LogP contribution >= 0.6 is 11.6 Å². The lowest BCUT2D eigenvalue weighted by atomic mass is 10.1. The molecule has 0 spiro atoms. The van der Waals surface area contributed by atoms with E-state index in [1.54, 1.807) is 47.4 Å². The number of amides is 2. The largest absolute Gasteiger partial charge is 0.353 e. The number of nitrogens with one attached hydrogen (secondary N) is 2. The Hall–Kier alpha value is -4.38. The standard InChI is InChI=1S/C26H23ClFN7O3/c1-15(36)20-12-34(21-6-5-17(8-19(20)21)31-18-9-29-14-30-10-18)13-25(37)35-11-16(28)7-22(35)26(38)33-24-4-2-3-23(27)32-24/h2-6,8-10,12,14,16,22,31H,7,11,13H2,1H3,(H,32,33,38)/t16-,22+/m1/s1. The zero-order valence-electron chi connectivity index (χ0n) is 20.3. The zero-order valence-corrected chi connectivity index (χ0v) is 21.0. The van der Waals surface area contributed by atoms with E-state index in [-0.39, 0.29) is 36.3 Å². The Morgan fingerprint density at radius 2 is 1.92 bits per heavy atom. The number of Topliss-reactive ketones (excluding diaryl/α,β-unsaturated/α-hetero) is 1. The highest BCUT2D eigenvalue weighted by Crippen LogP contribution is 2.28. The quantitative estimate of drug-likeness (QED) is 0.271. The van der Waals surface area contributed by atoms with Crippen molar-refractivity contribution < 1.29 is 18.8 Å². The fourth-order valence-corrected chi connectivity index (χ4v) is 4.71. The Balaban J connectivity index is 1.38. The van der Waals surface area contributed by atoms with Gasteiger partial charge >= 0.3 is 0 Å². The molecule has 0 unspecified atom stereocenters. The maximum Gasteiger partial charge on any atom is 0.248 e. The van der Waals surface area contributed by atoms with E-state index in [0.29, 0.717) is 27.8 Å². The molecular formula is C26H23ClFN7O3. The lowest BCUT2D eigenvalue weighted by Crippen LogP contribution is -2.44. The van der Waals surface area contributed by atoms with Gasteiger partial charge < -0.3 is 20.1 Å². The summed E-state index contributed by atoms with van der Waals surface area (Å²) in [6.07, 6.45) is 4.81. The molecule has 0 saturated carbocycles. The van der Waals surface area contributed by atoms with Crippen LogP contribution in [0.15, 0.2) is 61.3 Å². The van der Waals surface area contributed by atoms with Crippen LogP contribution in [0.3, 0.4) is 0 Å². The number of hydrogen-bond donors (Lipinski definition) is 2. The first kappa shape index (κ1) is 25.3. The van der Waals surface area contributed by atoms with Crippen molar-refractivity contribution in [3.8, 4) is 0 Å². The molecule has 0 radical (unpaired) electrons. The number of nitrogens with zero attached hydrogens (tertiary/aromatic N) is 5. The summed E-state index contributed by atoms with van der Waals surface area (Å²) in [5.74, 6) is -0.945. The van der Waals surface area contributed by atoms with Crippen LogP contribution in [0.25, 0.3) is 10.9 Å². The summed E-state index contributed by atoms with van der Waals surface area (Å²) >= 11 is 5.88. The second-order valence-electron chi connectivity index (χ2n) is 8.94. The van der Waals surface area contributed by atoms with Gasteiger partial charge in [-0.1, -0.05) is 17.7 Å². The van der Waals surface area contributed by atoms with Crippen LogP contribution in [0.4, 0.5) is 21.6 Å². The molecule has 2 N–H and O–H groups in total. The van der Waals surface area contributed by atoms with Crippen LogP contribution in [-0.2, 0) is 16.1 Å². The monoisotopic (exact) mass is 535 g/mol. The van der Waals surface area contributed by atoms with Gasteiger partial charge in [0.15, 0.2) is 5.78 Å². The molecule has 1 saturated heterocycles. The molecule has 4 aromatic rings. The fourth-order valence-electron chi connectivity index (χ4n) is 4.55. The number of likely N-dealkylation sites (tertiary alicyclic amines) is 1. The lowest BCUT2D eigenvalue weighted by Gasteiger charge is -2.24. The van der Waals surface area contributed by atoms with Crippen molar-refractivity contribution in [2.75, 3.05) is 17.2 Å². The van der Waals surface area contributed by atoms with Gasteiger partial charge in [0.05, 0.1) is 24.6 Å². The van der Waals surface area contributed by atoms with E-state index in [4.69, 9.17) is 11.6 Å². The number of carbonyl (C=O) groups excluding carboxylic acids is 3. The van der Waals surface area contributed by atoms with Gasteiger partial charge in [0.1, 0.15) is 36.1 Å². The summed E-state index contributed by atoms with van der Waals surface area (Å²) < 4.78 is 16.0. The molecule has 194 valence electrons. The molecule has 0 bridgehead atoms. The molecule has 1 fully saturated rings. The van der Waals surface area contributed by atoms with Gasteiger partial charge in [0.25, 0.3) is 0 Å². The molecule has 12 heteroatoms. The number of alkyl halides is 1. The van der Waals surface area contributed by atoms with Crippen molar-refractivity contribution in [1.82, 2.24) is 24.4 Å². The first-order valence-electron chi connectivity index (χ1n) is 11.8. The maximum absolute atomic E-state index is 14.4. The summed E-state index contributed by atoms with van der Waals surface area (Å²) in [4.78, 5) is 51.8. The SMILES string of the molecule is CC(=O)c1cn(CC(=O)N2C[C@H](F)C[C@H]2C(=O)Nc2cccc(Cl)n2)c2ccc(Nc3cncnc3)cc12. The van der Waals surface area contributed by atoms with Gasteiger partial charge in [0, 0.05) is 34.8 Å². The Bertz CT molecular complexity index is 1530. The summed E-state index contributed by atoms with van der Waals surface area (Å²) in [6.45, 7) is 1.07. The molecule has 0 aliphatic carbocycles. The van der Waals surface area contributed by atoms with E-state index in [9.17, 15) is 18.8 Å². The number of halogens is 2. The minimum atomic E-state index is -1.34. The third-order valence-electron chi connectivity index (χ3n) is 6.25. The Morgan fingerprint density at radius 3 is 2.66 bits per heavy atom. The summed E-state index contributed by atoms with van der Waals surface area (Å²) in [5, 5.41) is 6.64. The normalized spacial score (nSPS) is 17.0. The van der Waals surface area contributed by atoms with Crippen molar-refractivity contribution in [3.63, 3.8) is 0 Å². The molecule has 4 heterocycles. The fraction of sp³-hybridized carbons (Fsp3) is 0.231. The average molecular weight is 536 g/mol. The number of anilines is 3. The molecule has 38 heavy (non-hydrogen) atoms. The number of fused-ring (bicyclic) bond motifs is 1. The Morgan fingerprint density at radius 1 is 1.13 bits per heavy atom. The second kappa shape index (κ2) is 10.5. The first-order chi connectivity index (χ1) is 18.3. The molecule has 1 aliphatic heterocycles. The van der Waals surface area contributed by atoms with Crippen LogP contribution in [0.2, 0.25) is 5.15 Å². The molecule has 5 rings (SSSR count). The number of pyridine rings is 1. The topological polar surface area (TPSA) is 122 Å². The van der Waals surface area contributed by atoms with E-state index in [2.05, 4.69) is 25.6 Å². The van der Waals surface area contributed by atoms with Crippen molar-refractivity contribution >= 4 is 57.3 Å². The Kier molecular flexibility index (Phi) is 7.01. The maximum atomic E-state index is 14.4. The number of aromatic nitrogens is 4. The number of hydrogen-bond acceptors (Lipinski definition) is 7. The first-order valence-corrected chi connectivity index (χ1v) is 12.2. The zero-order chi connectivity index (χ0) is 26.8. The highest BCUT2D eigenvalue weighted by molar-refractivity contribution is 6.29. The molecule has 1 aliphatic rings. The highest BCUT2D eigenvalue weighted by atomic mass is 35.5. The third-order valence-corrected chi connectivity index (χ3v) is 6.47. The number of benzene rings is 1. The van der Waals surface area contributed by atoms with Crippen LogP contribution in [0, 0.1) is 0 Å². The lowest BCUT2D eigenvalue weighted by molar-refractivity contribution is -0.137. The molecule has 2 atom stereocenters. The Labute approximate surface area is 221 Å². The van der Waals surface area contributed by atoms with Crippen LogP contribution < -0.4 is 10.6 Å². The van der Waals surface area contributed by atoms with Crippen molar-refractivity contribution in [2.45, 2.75) is 32.1 Å². The van der Waals surface area contributed by atoms with E-state index in [1.165, 1.54) is 18.2 Å². The van der Waals surface area contributed by atoms with Crippen LogP contribution in [0.5, 0.6) is 0 Å².